The molecule has 0 saturated heterocycles. The molecule has 11 heavy (non-hydrogen) atoms. The molecule has 1 N–H and O–H groups in total. The predicted molar refractivity (Wildman–Crippen MR) is 41.2 cm³/mol. The van der Waals surface area contributed by atoms with Crippen molar-refractivity contribution >= 4 is 10.1 Å². The Labute approximate surface area is 65.5 Å². The molecule has 0 heterocycles. The molecule has 3 nitrogen and oxygen atoms in total. The van der Waals surface area contributed by atoms with Gasteiger partial charge in [-0.2, -0.15) is 8.42 Å². The van der Waals surface area contributed by atoms with Crippen LogP contribution in [0.2, 0.25) is 0 Å². The second-order valence-electron chi connectivity index (χ2n) is 2.18. The van der Waals surface area contributed by atoms with Crippen LogP contribution in [0.5, 0.6) is 0 Å². The molecule has 0 radical (unpaired) electrons. The third-order valence-corrected chi connectivity index (χ3v) is 2.09. The summed E-state index contributed by atoms with van der Waals surface area (Å²) < 4.78 is 29.5. The van der Waals surface area contributed by atoms with Crippen LogP contribution in [0.25, 0.3) is 0 Å². The van der Waals surface area contributed by atoms with Crippen LogP contribution in [0.1, 0.15) is 6.92 Å². The maximum Gasteiger partial charge on any atom is 0.342 e. The van der Waals surface area contributed by atoms with Gasteiger partial charge in [-0.05, 0) is 6.92 Å². The summed E-state index contributed by atoms with van der Waals surface area (Å²) in [4.78, 5) is -0.122. The van der Waals surface area contributed by atoms with Crippen LogP contribution in [0.15, 0.2) is 28.7 Å². The van der Waals surface area contributed by atoms with Crippen molar-refractivity contribution in [1.29, 1.82) is 0 Å². The molecule has 1 aliphatic carbocycles. The monoisotopic (exact) mass is 171 g/mol. The van der Waals surface area contributed by atoms with E-state index in [4.69, 9.17) is 4.55 Å². The summed E-state index contributed by atoms with van der Waals surface area (Å²) in [5.41, 5.74) is 0.831. The van der Waals surface area contributed by atoms with Crippen LogP contribution >= 0.6 is 0 Å². The zero-order valence-electron chi connectivity index (χ0n) is 5.90. The van der Waals surface area contributed by atoms with Gasteiger partial charge in [0.25, 0.3) is 0 Å². The number of hydrogen-bond acceptors (Lipinski definition) is 2. The van der Waals surface area contributed by atoms with Crippen molar-refractivity contribution in [2.24, 2.45) is 0 Å². The lowest BCUT2D eigenvalue weighted by atomic mass is 10.2. The van der Waals surface area contributed by atoms with Crippen molar-refractivity contribution in [3.63, 3.8) is 0 Å². The molecule has 0 spiro atoms. The quantitative estimate of drug-likeness (QED) is 0.474. The smallest absolute Gasteiger partial charge is 0.272 e. The molecule has 0 saturated carbocycles. The van der Waals surface area contributed by atoms with Crippen LogP contribution in [0, 0.1) is 6.08 Å². The molecule has 0 aromatic carbocycles. The van der Waals surface area contributed by atoms with Crippen molar-refractivity contribution in [3.05, 3.63) is 34.8 Å². The Bertz CT molecular complexity index is 344. The lowest BCUT2D eigenvalue weighted by molar-refractivity contribution is 0.492. The minimum absolute atomic E-state index is 0.122. The first kappa shape index (κ1) is 8.14. The molecular weight excluding hydrogens is 164 g/mol. The van der Waals surface area contributed by atoms with Gasteiger partial charge in [-0.1, -0.05) is 0 Å². The van der Waals surface area contributed by atoms with Gasteiger partial charge in [-0.3, -0.25) is 4.55 Å². The minimum Gasteiger partial charge on any atom is -0.272 e. The van der Waals surface area contributed by atoms with Crippen molar-refractivity contribution in [3.8, 4) is 0 Å². The molecule has 0 bridgehead atoms. The Kier molecular flexibility index (Phi) is 1.91. The Hall–Kier alpha value is -0.960. The van der Waals surface area contributed by atoms with Gasteiger partial charge in [0, 0.05) is 6.08 Å². The van der Waals surface area contributed by atoms with E-state index in [1.54, 1.807) is 13.0 Å². The Morgan fingerprint density at radius 2 is 2.09 bits per heavy atom. The van der Waals surface area contributed by atoms with Crippen LogP contribution in [0.3, 0.4) is 0 Å². The first-order chi connectivity index (χ1) is 5.00. The maximum absolute atomic E-state index is 10.5. The number of allylic oxidation sites excluding steroid dienone is 5. The third-order valence-electron chi connectivity index (χ3n) is 1.24. The molecule has 0 aromatic heterocycles. The van der Waals surface area contributed by atoms with Crippen molar-refractivity contribution in [2.45, 2.75) is 6.92 Å². The van der Waals surface area contributed by atoms with Gasteiger partial charge in [-0.25, -0.2) is 0 Å². The molecule has 58 valence electrons. The molecule has 1 aliphatic rings. The Balaban J connectivity index is 3.08. The average Bonchev–Trinajstić information content (AvgIpc) is 1.86. The van der Waals surface area contributed by atoms with E-state index in [1.165, 1.54) is 12.2 Å². The van der Waals surface area contributed by atoms with E-state index in [0.29, 0.717) is 0 Å². The average molecular weight is 171 g/mol. The van der Waals surface area contributed by atoms with Gasteiger partial charge >= 0.3 is 10.1 Å². The molecule has 0 aliphatic heterocycles. The summed E-state index contributed by atoms with van der Waals surface area (Å²) in [7, 11) is -4.05. The van der Waals surface area contributed by atoms with Crippen molar-refractivity contribution in [1.82, 2.24) is 0 Å². The number of hydrogen-bond donors (Lipinski definition) is 1. The second kappa shape index (κ2) is 2.58. The first-order valence-electron chi connectivity index (χ1n) is 2.96. The van der Waals surface area contributed by atoms with E-state index in [9.17, 15) is 8.42 Å². The molecule has 0 aromatic rings. The summed E-state index contributed by atoms with van der Waals surface area (Å²) in [6.45, 7) is 1.79. The Morgan fingerprint density at radius 1 is 1.45 bits per heavy atom. The fourth-order valence-corrected chi connectivity index (χ4v) is 1.10. The van der Waals surface area contributed by atoms with E-state index < -0.39 is 10.1 Å². The van der Waals surface area contributed by atoms with Crippen LogP contribution < -0.4 is 0 Å². The van der Waals surface area contributed by atoms with Gasteiger partial charge in [0.05, 0.1) is 12.2 Å². The highest BCUT2D eigenvalue weighted by molar-refractivity contribution is 7.90. The summed E-state index contributed by atoms with van der Waals surface area (Å²) in [6, 6.07) is 0. The van der Waals surface area contributed by atoms with Gasteiger partial charge in [0.1, 0.15) is 11.6 Å². The van der Waals surface area contributed by atoms with Crippen molar-refractivity contribution in [2.75, 3.05) is 0 Å². The fraction of sp³-hybridized carbons (Fsp3) is 0.143. The maximum atomic E-state index is 10.5. The van der Waals surface area contributed by atoms with E-state index in [-0.39, 0.29) is 4.91 Å². The minimum atomic E-state index is -4.05. The highest BCUT2D eigenvalue weighted by Gasteiger charge is 2.19. The van der Waals surface area contributed by atoms with Gasteiger partial charge in [0.15, 0.2) is 0 Å². The molecule has 1 rings (SSSR count). The van der Waals surface area contributed by atoms with Crippen LogP contribution in [-0.4, -0.2) is 13.0 Å². The van der Waals surface area contributed by atoms with E-state index in [0.717, 1.165) is 5.57 Å². The van der Waals surface area contributed by atoms with E-state index >= 15 is 0 Å². The molecule has 4 heteroatoms. The molecule has 0 unspecified atom stereocenters. The zero-order chi connectivity index (χ0) is 8.48. The molecular formula is C7H7O3S+. The highest BCUT2D eigenvalue weighted by atomic mass is 32.2. The standard InChI is InChI=1S/C7H6O3S/c1-6-2-4-7(5-3-6)11(8,9)10/h2,4-5H,1H3/p+1. The lowest BCUT2D eigenvalue weighted by Gasteiger charge is -1.90. The predicted octanol–water partition coefficient (Wildman–Crippen LogP) is 1.08. The van der Waals surface area contributed by atoms with Crippen LogP contribution in [-0.2, 0) is 10.1 Å². The normalized spacial score (nSPS) is 16.9. The number of rotatable bonds is 1. The van der Waals surface area contributed by atoms with Crippen LogP contribution in [0.4, 0.5) is 0 Å². The largest absolute Gasteiger partial charge is 0.342 e. The van der Waals surface area contributed by atoms with Crippen molar-refractivity contribution < 1.29 is 13.0 Å². The Morgan fingerprint density at radius 3 is 2.45 bits per heavy atom. The third kappa shape index (κ3) is 1.98. The molecule has 0 fully saturated rings. The van der Waals surface area contributed by atoms with E-state index in [1.807, 2.05) is 0 Å². The summed E-state index contributed by atoms with van der Waals surface area (Å²) in [5.74, 6) is 0. The topological polar surface area (TPSA) is 54.4 Å². The molecule has 0 amide bonds. The van der Waals surface area contributed by atoms with Gasteiger partial charge < -0.3 is 0 Å². The SMILES string of the molecule is CC1=[C+]C=C(S(=O)(=O)O)C=C1. The lowest BCUT2D eigenvalue weighted by Crippen LogP contribution is -2.00. The molecule has 0 atom stereocenters. The van der Waals surface area contributed by atoms with E-state index in [2.05, 4.69) is 6.08 Å². The fourth-order valence-electron chi connectivity index (χ4n) is 0.649. The summed E-state index contributed by atoms with van der Waals surface area (Å²) in [5, 5.41) is 0. The van der Waals surface area contributed by atoms with Gasteiger partial charge in [-0.15, -0.1) is 0 Å². The summed E-state index contributed by atoms with van der Waals surface area (Å²) in [6.07, 6.45) is 6.82. The first-order valence-corrected chi connectivity index (χ1v) is 4.40. The zero-order valence-corrected chi connectivity index (χ0v) is 6.72. The summed E-state index contributed by atoms with van der Waals surface area (Å²) >= 11 is 0. The van der Waals surface area contributed by atoms with Gasteiger partial charge in [0.2, 0.25) is 4.91 Å². The highest BCUT2D eigenvalue weighted by Crippen LogP contribution is 2.12. The second-order valence-corrected chi connectivity index (χ2v) is 3.60.